The number of sulfonamides is 1. The van der Waals surface area contributed by atoms with Gasteiger partial charge in [-0.1, -0.05) is 23.7 Å². The minimum atomic E-state index is -4.06. The molecule has 0 aliphatic rings. The van der Waals surface area contributed by atoms with E-state index in [1.165, 1.54) is 25.3 Å². The Hall–Kier alpha value is -2.25. The Morgan fingerprint density at radius 3 is 2.48 bits per heavy atom. The fourth-order valence-electron chi connectivity index (χ4n) is 2.56. The van der Waals surface area contributed by atoms with Gasteiger partial charge in [-0.15, -0.1) is 0 Å². The number of carbonyl (C=O) groups excluding carboxylic acids is 1. The lowest BCUT2D eigenvalue weighted by Crippen LogP contribution is -2.37. The molecule has 2 aromatic carbocycles. The molecule has 2 aromatic rings. The van der Waals surface area contributed by atoms with Gasteiger partial charge in [0.25, 0.3) is 10.0 Å². The molecule has 0 radical (unpaired) electrons. The SMILES string of the molecule is CCOC(=O)CN(c1cccc(C)c1C)S(=O)(=O)c1ccc(OC)c(Cl)c1. The molecule has 0 unspecified atom stereocenters. The highest BCUT2D eigenvalue weighted by molar-refractivity contribution is 7.92. The second kappa shape index (κ2) is 8.63. The molecule has 0 bridgehead atoms. The van der Waals surface area contributed by atoms with E-state index < -0.39 is 22.5 Å². The molecule has 0 aliphatic carbocycles. The maximum absolute atomic E-state index is 13.3. The number of halogens is 1. The van der Waals surface area contributed by atoms with E-state index in [9.17, 15) is 13.2 Å². The van der Waals surface area contributed by atoms with Gasteiger partial charge in [-0.25, -0.2) is 8.42 Å². The van der Waals surface area contributed by atoms with Crippen molar-refractivity contribution in [3.63, 3.8) is 0 Å². The smallest absolute Gasteiger partial charge is 0.326 e. The summed E-state index contributed by atoms with van der Waals surface area (Å²) in [6.07, 6.45) is 0. The van der Waals surface area contributed by atoms with E-state index >= 15 is 0 Å². The summed E-state index contributed by atoms with van der Waals surface area (Å²) in [4.78, 5) is 12.1. The van der Waals surface area contributed by atoms with Crippen LogP contribution in [0.3, 0.4) is 0 Å². The standard InChI is InChI=1S/C19H22ClNO5S/c1-5-26-19(22)12-21(17-8-6-7-13(2)14(17)3)27(23,24)15-9-10-18(25-4)16(20)11-15/h6-11H,5,12H2,1-4H3. The molecule has 0 spiro atoms. The summed E-state index contributed by atoms with van der Waals surface area (Å²) >= 11 is 6.10. The van der Waals surface area contributed by atoms with Crippen LogP contribution >= 0.6 is 11.6 Å². The molecule has 0 heterocycles. The quantitative estimate of drug-likeness (QED) is 0.649. The maximum atomic E-state index is 13.3. The zero-order valence-corrected chi connectivity index (χ0v) is 17.2. The monoisotopic (exact) mass is 411 g/mol. The van der Waals surface area contributed by atoms with Crippen molar-refractivity contribution >= 4 is 33.3 Å². The van der Waals surface area contributed by atoms with Crippen LogP contribution in [0.15, 0.2) is 41.3 Å². The molecule has 0 saturated carbocycles. The average molecular weight is 412 g/mol. The van der Waals surface area contributed by atoms with Crippen molar-refractivity contribution in [3.8, 4) is 5.75 Å². The fraction of sp³-hybridized carbons (Fsp3) is 0.316. The van der Waals surface area contributed by atoms with E-state index in [0.717, 1.165) is 15.4 Å². The predicted molar refractivity (Wildman–Crippen MR) is 105 cm³/mol. The Labute approximate surface area is 164 Å². The number of benzene rings is 2. The number of esters is 1. The van der Waals surface area contributed by atoms with Gasteiger partial charge in [0.2, 0.25) is 0 Å². The second-order valence-corrected chi connectivity index (χ2v) is 8.10. The lowest BCUT2D eigenvalue weighted by atomic mass is 10.1. The predicted octanol–water partition coefficient (Wildman–Crippen LogP) is 3.72. The average Bonchev–Trinajstić information content (AvgIpc) is 2.62. The number of ether oxygens (including phenoxy) is 2. The largest absolute Gasteiger partial charge is 0.495 e. The topological polar surface area (TPSA) is 72.9 Å². The minimum Gasteiger partial charge on any atom is -0.495 e. The van der Waals surface area contributed by atoms with Gasteiger partial charge in [0.1, 0.15) is 12.3 Å². The Bertz CT molecular complexity index is 943. The van der Waals surface area contributed by atoms with Crippen LogP contribution in [0, 0.1) is 13.8 Å². The second-order valence-electron chi connectivity index (χ2n) is 5.83. The lowest BCUT2D eigenvalue weighted by Gasteiger charge is -2.26. The highest BCUT2D eigenvalue weighted by Gasteiger charge is 2.29. The van der Waals surface area contributed by atoms with Gasteiger partial charge in [0.15, 0.2) is 0 Å². The van der Waals surface area contributed by atoms with Crippen LogP contribution in [-0.2, 0) is 19.6 Å². The summed E-state index contributed by atoms with van der Waals surface area (Å²) in [6, 6.07) is 9.44. The molecular weight excluding hydrogens is 390 g/mol. The van der Waals surface area contributed by atoms with Crippen molar-refractivity contribution in [3.05, 3.63) is 52.5 Å². The van der Waals surface area contributed by atoms with E-state index in [0.29, 0.717) is 11.4 Å². The summed E-state index contributed by atoms with van der Waals surface area (Å²) in [5, 5.41) is 0.163. The number of anilines is 1. The fourth-order valence-corrected chi connectivity index (χ4v) is 4.38. The molecule has 8 heteroatoms. The molecule has 2 rings (SSSR count). The van der Waals surface area contributed by atoms with Crippen molar-refractivity contribution < 1.29 is 22.7 Å². The van der Waals surface area contributed by atoms with Gasteiger partial charge in [-0.05, 0) is 56.2 Å². The van der Waals surface area contributed by atoms with Crippen molar-refractivity contribution in [2.75, 3.05) is 24.6 Å². The first-order valence-corrected chi connectivity index (χ1v) is 10.1. The summed E-state index contributed by atoms with van der Waals surface area (Å²) in [6.45, 7) is 5.06. The van der Waals surface area contributed by atoms with E-state index in [-0.39, 0.29) is 16.5 Å². The summed E-state index contributed by atoms with van der Waals surface area (Å²) < 4.78 is 37.7. The molecular formula is C19H22ClNO5S. The molecule has 0 N–H and O–H groups in total. The van der Waals surface area contributed by atoms with Gasteiger partial charge in [-0.3, -0.25) is 9.10 Å². The van der Waals surface area contributed by atoms with Gasteiger partial charge in [-0.2, -0.15) is 0 Å². The molecule has 0 aromatic heterocycles. The van der Waals surface area contributed by atoms with E-state index in [2.05, 4.69) is 0 Å². The molecule has 27 heavy (non-hydrogen) atoms. The number of hydrogen-bond acceptors (Lipinski definition) is 5. The molecule has 146 valence electrons. The van der Waals surface area contributed by atoms with Crippen LogP contribution in [0.1, 0.15) is 18.1 Å². The van der Waals surface area contributed by atoms with Crippen LogP contribution in [-0.4, -0.2) is 34.6 Å². The highest BCUT2D eigenvalue weighted by Crippen LogP contribution is 2.32. The van der Waals surface area contributed by atoms with Crippen molar-refractivity contribution in [1.29, 1.82) is 0 Å². The molecule has 0 amide bonds. The number of aryl methyl sites for hydroxylation is 1. The Morgan fingerprint density at radius 1 is 1.19 bits per heavy atom. The van der Waals surface area contributed by atoms with Gasteiger partial charge in [0.05, 0.1) is 29.3 Å². The molecule has 6 nitrogen and oxygen atoms in total. The van der Waals surface area contributed by atoms with Crippen molar-refractivity contribution in [2.24, 2.45) is 0 Å². The first-order chi connectivity index (χ1) is 12.7. The Kier molecular flexibility index (Phi) is 6.73. The summed E-state index contributed by atoms with van der Waals surface area (Å²) in [5.41, 5.74) is 2.07. The third kappa shape index (κ3) is 4.54. The third-order valence-electron chi connectivity index (χ3n) is 4.13. The minimum absolute atomic E-state index is 0.0431. The van der Waals surface area contributed by atoms with E-state index in [1.54, 1.807) is 26.0 Å². The summed E-state index contributed by atoms with van der Waals surface area (Å²) in [5.74, 6) is -0.277. The van der Waals surface area contributed by atoms with E-state index in [1.807, 2.05) is 13.0 Å². The molecule has 0 saturated heterocycles. The zero-order chi connectivity index (χ0) is 20.2. The van der Waals surface area contributed by atoms with Crippen LogP contribution in [0.5, 0.6) is 5.75 Å². The number of carbonyl (C=O) groups is 1. The first kappa shape index (κ1) is 21.1. The number of hydrogen-bond donors (Lipinski definition) is 0. The number of nitrogens with zero attached hydrogens (tertiary/aromatic N) is 1. The first-order valence-electron chi connectivity index (χ1n) is 8.30. The zero-order valence-electron chi connectivity index (χ0n) is 15.7. The van der Waals surface area contributed by atoms with Gasteiger partial charge < -0.3 is 9.47 Å². The Balaban J connectivity index is 2.59. The van der Waals surface area contributed by atoms with Crippen molar-refractivity contribution in [1.82, 2.24) is 0 Å². The summed E-state index contributed by atoms with van der Waals surface area (Å²) in [7, 11) is -2.62. The number of rotatable bonds is 7. The van der Waals surface area contributed by atoms with E-state index in [4.69, 9.17) is 21.1 Å². The maximum Gasteiger partial charge on any atom is 0.326 e. The lowest BCUT2D eigenvalue weighted by molar-refractivity contribution is -0.141. The van der Waals surface area contributed by atoms with Gasteiger partial charge in [0, 0.05) is 0 Å². The third-order valence-corrected chi connectivity index (χ3v) is 6.19. The number of methoxy groups -OCH3 is 1. The van der Waals surface area contributed by atoms with Crippen LogP contribution in [0.2, 0.25) is 5.02 Å². The highest BCUT2D eigenvalue weighted by atomic mass is 35.5. The molecule has 0 aliphatic heterocycles. The normalized spacial score (nSPS) is 11.1. The Morgan fingerprint density at radius 2 is 1.89 bits per heavy atom. The van der Waals surface area contributed by atoms with Crippen molar-refractivity contribution in [2.45, 2.75) is 25.7 Å². The van der Waals surface area contributed by atoms with Crippen LogP contribution in [0.4, 0.5) is 5.69 Å². The molecule has 0 fully saturated rings. The van der Waals surface area contributed by atoms with Crippen LogP contribution < -0.4 is 9.04 Å². The van der Waals surface area contributed by atoms with Crippen LogP contribution in [0.25, 0.3) is 0 Å². The van der Waals surface area contributed by atoms with Gasteiger partial charge >= 0.3 is 5.97 Å². The molecule has 0 atom stereocenters.